The van der Waals surface area contributed by atoms with Crippen molar-refractivity contribution in [3.63, 3.8) is 0 Å². The van der Waals surface area contributed by atoms with E-state index in [1.54, 1.807) is 13.0 Å². The molecule has 1 heterocycles. The van der Waals surface area contributed by atoms with Gasteiger partial charge in [-0.15, -0.1) is 5.10 Å². The number of nitrogens with one attached hydrogen (secondary N) is 1. The van der Waals surface area contributed by atoms with Crippen LogP contribution in [0.4, 0.5) is 4.39 Å². The Labute approximate surface area is 171 Å². The summed E-state index contributed by atoms with van der Waals surface area (Å²) in [4.78, 5) is 15.4. The van der Waals surface area contributed by atoms with Crippen LogP contribution in [0.25, 0.3) is 0 Å². The van der Waals surface area contributed by atoms with E-state index in [-0.39, 0.29) is 11.7 Å². The highest BCUT2D eigenvalue weighted by atomic mass is 19.1. The summed E-state index contributed by atoms with van der Waals surface area (Å²) in [6, 6.07) is 5.98. The number of amides is 1. The summed E-state index contributed by atoms with van der Waals surface area (Å²) in [6.07, 6.45) is 6.56. The Morgan fingerprint density at radius 2 is 2.07 bits per heavy atom. The van der Waals surface area contributed by atoms with Crippen molar-refractivity contribution < 1.29 is 9.18 Å². The van der Waals surface area contributed by atoms with Gasteiger partial charge in [0.05, 0.1) is 0 Å². The van der Waals surface area contributed by atoms with E-state index in [0.717, 1.165) is 5.56 Å². The molecule has 1 saturated carbocycles. The van der Waals surface area contributed by atoms with Crippen LogP contribution < -0.4 is 5.32 Å². The number of carbonyl (C=O) groups is 1. The average molecular weight is 403 g/mol. The smallest absolute Gasteiger partial charge is 0.245 e. The molecule has 3 rings (SSSR count). The Kier molecular flexibility index (Phi) is 7.30. The maximum absolute atomic E-state index is 13.6. The van der Waals surface area contributed by atoms with Gasteiger partial charge in [0.25, 0.3) is 0 Å². The molecule has 2 atom stereocenters. The Morgan fingerprint density at radius 3 is 2.69 bits per heavy atom. The van der Waals surface area contributed by atoms with Crippen LogP contribution >= 0.6 is 0 Å². The summed E-state index contributed by atoms with van der Waals surface area (Å²) in [6.45, 7) is 2.34. The molecule has 1 aliphatic carbocycles. The van der Waals surface area contributed by atoms with E-state index in [1.807, 2.05) is 6.07 Å². The highest BCUT2D eigenvalue weighted by molar-refractivity contribution is 5.80. The number of hydrogen-bond acceptors (Lipinski definition) is 5. The van der Waals surface area contributed by atoms with Gasteiger partial charge in [-0.05, 0) is 67.9 Å². The van der Waals surface area contributed by atoms with Gasteiger partial charge in [0.1, 0.15) is 17.7 Å². The van der Waals surface area contributed by atoms with E-state index >= 15 is 0 Å². The van der Waals surface area contributed by atoms with Crippen LogP contribution in [-0.4, -0.2) is 57.7 Å². The van der Waals surface area contributed by atoms with Gasteiger partial charge in [0.2, 0.25) is 5.91 Å². The lowest BCUT2D eigenvalue weighted by molar-refractivity contribution is -0.125. The summed E-state index contributed by atoms with van der Waals surface area (Å²) in [5.41, 5.74) is 0.733. The van der Waals surface area contributed by atoms with Crippen molar-refractivity contribution in [2.75, 3.05) is 20.6 Å². The molecule has 1 aromatic carbocycles. The molecule has 8 heteroatoms. The van der Waals surface area contributed by atoms with Crippen LogP contribution in [0, 0.1) is 18.7 Å². The topological polar surface area (TPSA) is 75.9 Å². The first-order valence-corrected chi connectivity index (χ1v) is 10.4. The van der Waals surface area contributed by atoms with Gasteiger partial charge in [0.15, 0.2) is 0 Å². The van der Waals surface area contributed by atoms with Crippen LogP contribution in [0.15, 0.2) is 24.3 Å². The van der Waals surface area contributed by atoms with Gasteiger partial charge in [-0.1, -0.05) is 31.4 Å². The van der Waals surface area contributed by atoms with E-state index in [1.165, 1.54) is 48.9 Å². The fourth-order valence-electron chi connectivity index (χ4n) is 4.32. The molecule has 0 radical (unpaired) electrons. The largest absolute Gasteiger partial charge is 0.353 e. The SMILES string of the molecule is Cc1nnnn1[C@H](Cc1cccc(F)c1)C(=O)NC[C@H](C1CCCCC1)N(C)C. The second-order valence-electron chi connectivity index (χ2n) is 8.19. The average Bonchev–Trinajstić information content (AvgIpc) is 3.12. The van der Waals surface area contributed by atoms with Gasteiger partial charge in [-0.3, -0.25) is 4.79 Å². The molecule has 0 saturated heterocycles. The lowest BCUT2D eigenvalue weighted by Gasteiger charge is -2.35. The summed E-state index contributed by atoms with van der Waals surface area (Å²) in [5.74, 6) is 0.681. The normalized spacial score (nSPS) is 17.3. The number of aromatic nitrogens is 4. The number of likely N-dealkylation sites (N-methyl/N-ethyl adjacent to an activating group) is 1. The van der Waals surface area contributed by atoms with Gasteiger partial charge in [0, 0.05) is 19.0 Å². The first-order valence-electron chi connectivity index (χ1n) is 10.4. The molecule has 2 aromatic rings. The van der Waals surface area contributed by atoms with Crippen molar-refractivity contribution >= 4 is 5.91 Å². The lowest BCUT2D eigenvalue weighted by atomic mass is 9.83. The predicted molar refractivity (Wildman–Crippen MR) is 109 cm³/mol. The molecule has 29 heavy (non-hydrogen) atoms. The van der Waals surface area contributed by atoms with Crippen LogP contribution in [0.2, 0.25) is 0 Å². The monoisotopic (exact) mass is 402 g/mol. The van der Waals surface area contributed by atoms with Crippen LogP contribution in [-0.2, 0) is 11.2 Å². The third-order valence-electron chi connectivity index (χ3n) is 5.92. The zero-order valence-electron chi connectivity index (χ0n) is 17.5. The minimum absolute atomic E-state index is 0.146. The summed E-state index contributed by atoms with van der Waals surface area (Å²) < 4.78 is 15.2. The van der Waals surface area contributed by atoms with Gasteiger partial charge >= 0.3 is 0 Å². The Bertz CT molecular complexity index is 802. The highest BCUT2D eigenvalue weighted by Crippen LogP contribution is 2.28. The summed E-state index contributed by atoms with van der Waals surface area (Å²) >= 11 is 0. The van der Waals surface area contributed by atoms with E-state index < -0.39 is 6.04 Å². The fourth-order valence-corrected chi connectivity index (χ4v) is 4.32. The molecular formula is C21H31FN6O. The van der Waals surface area contributed by atoms with Crippen molar-refractivity contribution in [2.45, 2.75) is 57.5 Å². The molecule has 0 bridgehead atoms. The molecule has 0 unspecified atom stereocenters. The zero-order chi connectivity index (χ0) is 20.8. The molecule has 0 aliphatic heterocycles. The quantitative estimate of drug-likeness (QED) is 0.734. The first-order chi connectivity index (χ1) is 14.0. The maximum Gasteiger partial charge on any atom is 0.245 e. The first kappa shape index (κ1) is 21.4. The molecule has 1 amide bonds. The molecule has 1 aliphatic rings. The van der Waals surface area contributed by atoms with E-state index in [4.69, 9.17) is 0 Å². The lowest BCUT2D eigenvalue weighted by Crippen LogP contribution is -2.47. The van der Waals surface area contributed by atoms with Gasteiger partial charge in [-0.25, -0.2) is 9.07 Å². The molecule has 1 aromatic heterocycles. The predicted octanol–water partition coefficient (Wildman–Crippen LogP) is 2.53. The number of halogens is 1. The number of nitrogens with zero attached hydrogens (tertiary/aromatic N) is 5. The number of tetrazole rings is 1. The van der Waals surface area contributed by atoms with Crippen LogP contribution in [0.3, 0.4) is 0 Å². The molecule has 1 fully saturated rings. The standard InChI is InChI=1S/C21H31FN6O/c1-15-24-25-26-28(15)19(13-16-8-7-11-18(22)12-16)21(29)23-14-20(27(2)3)17-9-5-4-6-10-17/h7-8,11-12,17,19-20H,4-6,9-10,13-14H2,1-3H3,(H,23,29)/t19-,20-/m1/s1. The van der Waals surface area contributed by atoms with Crippen molar-refractivity contribution in [3.05, 3.63) is 41.5 Å². The second-order valence-corrected chi connectivity index (χ2v) is 8.19. The van der Waals surface area contributed by atoms with Crippen LogP contribution in [0.5, 0.6) is 0 Å². The summed E-state index contributed by atoms with van der Waals surface area (Å²) in [7, 11) is 4.14. The van der Waals surface area contributed by atoms with Crippen molar-refractivity contribution in [1.29, 1.82) is 0 Å². The number of benzene rings is 1. The number of hydrogen-bond donors (Lipinski definition) is 1. The molecule has 7 nitrogen and oxygen atoms in total. The van der Waals surface area contributed by atoms with Crippen LogP contribution in [0.1, 0.15) is 49.5 Å². The second kappa shape index (κ2) is 9.91. The Balaban J connectivity index is 1.73. The highest BCUT2D eigenvalue weighted by Gasteiger charge is 2.29. The van der Waals surface area contributed by atoms with E-state index in [9.17, 15) is 9.18 Å². The minimum Gasteiger partial charge on any atom is -0.353 e. The minimum atomic E-state index is -0.624. The van der Waals surface area contributed by atoms with Crippen molar-refractivity contribution in [3.8, 4) is 0 Å². The summed E-state index contributed by atoms with van der Waals surface area (Å²) in [5, 5.41) is 14.7. The van der Waals surface area contributed by atoms with Gasteiger partial charge in [-0.2, -0.15) is 0 Å². The van der Waals surface area contributed by atoms with Gasteiger partial charge < -0.3 is 10.2 Å². The molecule has 0 spiro atoms. The Morgan fingerprint density at radius 1 is 1.31 bits per heavy atom. The fraction of sp³-hybridized carbons (Fsp3) is 0.619. The molecule has 1 N–H and O–H groups in total. The van der Waals surface area contributed by atoms with E-state index in [2.05, 4.69) is 39.8 Å². The number of aryl methyl sites for hydroxylation is 1. The number of rotatable bonds is 8. The van der Waals surface area contributed by atoms with Crippen molar-refractivity contribution in [1.82, 2.24) is 30.4 Å². The molecular weight excluding hydrogens is 371 g/mol. The van der Waals surface area contributed by atoms with Crippen molar-refractivity contribution in [2.24, 2.45) is 5.92 Å². The maximum atomic E-state index is 13.6. The number of carbonyl (C=O) groups excluding carboxylic acids is 1. The third-order valence-corrected chi connectivity index (χ3v) is 5.92. The molecule has 158 valence electrons. The zero-order valence-corrected chi connectivity index (χ0v) is 17.5. The Hall–Kier alpha value is -2.35. The van der Waals surface area contributed by atoms with E-state index in [0.29, 0.717) is 30.7 Å². The third kappa shape index (κ3) is 5.59.